The lowest BCUT2D eigenvalue weighted by Crippen LogP contribution is -2.38. The van der Waals surface area contributed by atoms with Crippen LogP contribution in [-0.2, 0) is 0 Å². The summed E-state index contributed by atoms with van der Waals surface area (Å²) >= 11 is 0. The van der Waals surface area contributed by atoms with Gasteiger partial charge >= 0.3 is 6.03 Å². The van der Waals surface area contributed by atoms with E-state index in [-0.39, 0.29) is 13.2 Å². The van der Waals surface area contributed by atoms with Gasteiger partial charge in [0.05, 0.1) is 0 Å². The monoisotopic (exact) mass is 224 g/mol. The zero-order valence-electron chi connectivity index (χ0n) is 9.14. The van der Waals surface area contributed by atoms with Gasteiger partial charge in [-0.05, 0) is 19.1 Å². The molecule has 1 atom stereocenters. The first-order valence-corrected chi connectivity index (χ1v) is 4.99. The largest absolute Gasteiger partial charge is 0.491 e. The smallest absolute Gasteiger partial charge is 0.312 e. The average Bonchev–Trinajstić information content (AvgIpc) is 2.25. The average molecular weight is 224 g/mol. The van der Waals surface area contributed by atoms with Gasteiger partial charge in [-0.2, -0.15) is 0 Å². The number of benzene rings is 1. The van der Waals surface area contributed by atoms with Crippen LogP contribution in [0, 0.1) is 6.92 Å². The van der Waals surface area contributed by atoms with Crippen LogP contribution in [0.5, 0.6) is 5.75 Å². The summed E-state index contributed by atoms with van der Waals surface area (Å²) in [5.41, 5.74) is 6.00. The van der Waals surface area contributed by atoms with Crippen LogP contribution >= 0.6 is 0 Å². The van der Waals surface area contributed by atoms with Crippen LogP contribution < -0.4 is 15.8 Å². The molecule has 1 rings (SSSR count). The minimum Gasteiger partial charge on any atom is -0.491 e. The van der Waals surface area contributed by atoms with Crippen molar-refractivity contribution in [1.82, 2.24) is 5.32 Å². The van der Waals surface area contributed by atoms with Gasteiger partial charge in [0, 0.05) is 6.54 Å². The third-order valence-electron chi connectivity index (χ3n) is 1.98. The fraction of sp³-hybridized carbons (Fsp3) is 0.364. The van der Waals surface area contributed by atoms with Crippen molar-refractivity contribution in [3.63, 3.8) is 0 Å². The third kappa shape index (κ3) is 4.65. The van der Waals surface area contributed by atoms with E-state index in [1.807, 2.05) is 31.2 Å². The summed E-state index contributed by atoms with van der Waals surface area (Å²) in [4.78, 5) is 10.4. The quantitative estimate of drug-likeness (QED) is 0.677. The number of carbonyl (C=O) groups excluding carboxylic acids is 1. The molecule has 0 aliphatic rings. The zero-order valence-corrected chi connectivity index (χ0v) is 9.14. The number of rotatable bonds is 5. The Morgan fingerprint density at radius 2 is 2.12 bits per heavy atom. The minimum atomic E-state index is -0.770. The number of nitrogens with two attached hydrogens (primary N) is 1. The van der Waals surface area contributed by atoms with Crippen LogP contribution in [0.15, 0.2) is 24.3 Å². The van der Waals surface area contributed by atoms with Crippen molar-refractivity contribution in [3.8, 4) is 5.75 Å². The van der Waals surface area contributed by atoms with Crippen molar-refractivity contribution in [2.24, 2.45) is 5.73 Å². The normalized spacial score (nSPS) is 11.9. The van der Waals surface area contributed by atoms with Crippen molar-refractivity contribution in [2.75, 3.05) is 13.2 Å². The minimum absolute atomic E-state index is 0.0845. The number of aryl methyl sites for hydroxylation is 1. The van der Waals surface area contributed by atoms with Crippen LogP contribution in [0.4, 0.5) is 4.79 Å². The Kier molecular flexibility index (Phi) is 4.60. The topological polar surface area (TPSA) is 84.6 Å². The maximum absolute atomic E-state index is 10.4. The van der Waals surface area contributed by atoms with Gasteiger partial charge in [0.2, 0.25) is 0 Å². The van der Waals surface area contributed by atoms with E-state index in [9.17, 15) is 9.90 Å². The lowest BCUT2D eigenvalue weighted by Gasteiger charge is -2.12. The second-order valence-corrected chi connectivity index (χ2v) is 3.52. The summed E-state index contributed by atoms with van der Waals surface area (Å²) in [6, 6.07) is 6.83. The molecule has 0 saturated heterocycles. The standard InChI is InChI=1S/C11H16N2O3/c1-8-2-4-10(5-3-8)16-7-9(14)6-13-11(12)15/h2-5,9,14H,6-7H2,1H3,(H3,12,13,15)/t9-/m0/s1. The van der Waals surface area contributed by atoms with Crippen molar-refractivity contribution in [2.45, 2.75) is 13.0 Å². The van der Waals surface area contributed by atoms with Gasteiger partial charge < -0.3 is 20.9 Å². The van der Waals surface area contributed by atoms with Gasteiger partial charge in [-0.15, -0.1) is 0 Å². The van der Waals surface area contributed by atoms with E-state index in [1.165, 1.54) is 0 Å². The fourth-order valence-electron chi connectivity index (χ4n) is 1.10. The summed E-state index contributed by atoms with van der Waals surface area (Å²) in [5.74, 6) is 0.684. The van der Waals surface area contributed by atoms with Crippen molar-refractivity contribution >= 4 is 6.03 Å². The molecule has 5 heteroatoms. The summed E-state index contributed by atoms with van der Waals surface area (Å²) < 4.78 is 5.31. The second-order valence-electron chi connectivity index (χ2n) is 3.52. The van der Waals surface area contributed by atoms with E-state index in [0.717, 1.165) is 5.56 Å². The number of hydrogen-bond donors (Lipinski definition) is 3. The Labute approximate surface area is 94.2 Å². The number of carbonyl (C=O) groups is 1. The Balaban J connectivity index is 2.28. The maximum atomic E-state index is 10.4. The van der Waals surface area contributed by atoms with Gasteiger partial charge in [-0.1, -0.05) is 17.7 Å². The highest BCUT2D eigenvalue weighted by molar-refractivity contribution is 5.71. The second kappa shape index (κ2) is 5.97. The molecule has 0 spiro atoms. The number of aliphatic hydroxyl groups excluding tert-OH is 1. The summed E-state index contributed by atoms with van der Waals surface area (Å²) in [6.45, 7) is 2.18. The molecule has 0 aromatic heterocycles. The molecule has 0 unspecified atom stereocenters. The number of aliphatic hydroxyl groups is 1. The molecule has 0 aliphatic heterocycles. The molecule has 5 nitrogen and oxygen atoms in total. The number of nitrogens with one attached hydrogen (secondary N) is 1. The van der Waals surface area contributed by atoms with Crippen molar-refractivity contribution < 1.29 is 14.6 Å². The summed E-state index contributed by atoms with van der Waals surface area (Å²) in [7, 11) is 0. The van der Waals surface area contributed by atoms with E-state index in [1.54, 1.807) is 0 Å². The summed E-state index contributed by atoms with van der Waals surface area (Å²) in [5, 5.41) is 11.7. The molecule has 0 aliphatic carbocycles. The van der Waals surface area contributed by atoms with Gasteiger partial charge in [-0.3, -0.25) is 0 Å². The molecule has 88 valence electrons. The van der Waals surface area contributed by atoms with Crippen LogP contribution in [0.25, 0.3) is 0 Å². The molecular formula is C11H16N2O3. The first-order valence-electron chi connectivity index (χ1n) is 4.99. The molecule has 1 aromatic carbocycles. The molecular weight excluding hydrogens is 208 g/mol. The molecule has 0 saturated carbocycles. The Morgan fingerprint density at radius 1 is 1.50 bits per heavy atom. The van der Waals surface area contributed by atoms with E-state index < -0.39 is 12.1 Å². The predicted octanol–water partition coefficient (Wildman–Crippen LogP) is 0.403. The zero-order chi connectivity index (χ0) is 12.0. The highest BCUT2D eigenvalue weighted by Gasteiger charge is 2.05. The number of ether oxygens (including phenoxy) is 1. The molecule has 1 aromatic rings. The fourth-order valence-corrected chi connectivity index (χ4v) is 1.10. The molecule has 0 radical (unpaired) electrons. The molecule has 4 N–H and O–H groups in total. The van der Waals surface area contributed by atoms with Crippen LogP contribution in [0.2, 0.25) is 0 Å². The van der Waals surface area contributed by atoms with Gasteiger partial charge in [0.1, 0.15) is 18.5 Å². The lowest BCUT2D eigenvalue weighted by molar-refractivity contribution is 0.108. The molecule has 0 fully saturated rings. The number of primary amides is 1. The molecule has 0 heterocycles. The first-order chi connectivity index (χ1) is 7.58. The highest BCUT2D eigenvalue weighted by Crippen LogP contribution is 2.11. The molecule has 16 heavy (non-hydrogen) atoms. The Morgan fingerprint density at radius 3 is 2.69 bits per heavy atom. The molecule has 2 amide bonds. The Hall–Kier alpha value is -1.75. The Bertz CT molecular complexity index is 338. The van der Waals surface area contributed by atoms with Gasteiger partial charge in [0.15, 0.2) is 0 Å². The van der Waals surface area contributed by atoms with E-state index in [0.29, 0.717) is 5.75 Å². The summed E-state index contributed by atoms with van der Waals surface area (Å²) in [6.07, 6.45) is -0.770. The van der Waals surface area contributed by atoms with E-state index in [2.05, 4.69) is 5.32 Å². The van der Waals surface area contributed by atoms with E-state index >= 15 is 0 Å². The van der Waals surface area contributed by atoms with Gasteiger partial charge in [0.25, 0.3) is 0 Å². The van der Waals surface area contributed by atoms with E-state index in [4.69, 9.17) is 10.5 Å². The van der Waals surface area contributed by atoms with Crippen molar-refractivity contribution in [1.29, 1.82) is 0 Å². The predicted molar refractivity (Wildman–Crippen MR) is 60.3 cm³/mol. The van der Waals surface area contributed by atoms with Crippen LogP contribution in [0.3, 0.4) is 0 Å². The number of hydrogen-bond acceptors (Lipinski definition) is 3. The number of amides is 2. The number of urea groups is 1. The maximum Gasteiger partial charge on any atom is 0.312 e. The molecule has 0 bridgehead atoms. The third-order valence-corrected chi connectivity index (χ3v) is 1.98. The van der Waals surface area contributed by atoms with Crippen LogP contribution in [-0.4, -0.2) is 30.4 Å². The van der Waals surface area contributed by atoms with Crippen LogP contribution in [0.1, 0.15) is 5.56 Å². The SMILES string of the molecule is Cc1ccc(OC[C@@H](O)CNC(N)=O)cc1. The lowest BCUT2D eigenvalue weighted by atomic mass is 10.2. The first kappa shape index (κ1) is 12.3. The highest BCUT2D eigenvalue weighted by atomic mass is 16.5. The van der Waals surface area contributed by atoms with Gasteiger partial charge in [-0.25, -0.2) is 4.79 Å². The van der Waals surface area contributed by atoms with Crippen molar-refractivity contribution in [3.05, 3.63) is 29.8 Å².